The second-order valence-electron chi connectivity index (χ2n) is 15.9. The van der Waals surface area contributed by atoms with Gasteiger partial charge in [0.2, 0.25) is 0 Å². The fourth-order valence-corrected chi connectivity index (χ4v) is 10.3. The van der Waals surface area contributed by atoms with E-state index in [1.807, 2.05) is 0 Å². The summed E-state index contributed by atoms with van der Waals surface area (Å²) in [6.07, 6.45) is 0. The molecule has 10 aromatic rings. The van der Waals surface area contributed by atoms with Gasteiger partial charge in [0.05, 0.1) is 0 Å². The second kappa shape index (κ2) is 10.5. The Morgan fingerprint density at radius 3 is 0.865 bits per heavy atom. The molecule has 0 heteroatoms. The molecule has 0 amide bonds. The fourth-order valence-electron chi connectivity index (χ4n) is 10.3. The summed E-state index contributed by atoms with van der Waals surface area (Å²) in [5.41, 5.74) is 19.5. The molecule has 0 atom stereocenters. The number of rotatable bonds is 2. The van der Waals surface area contributed by atoms with Crippen LogP contribution in [0.3, 0.4) is 0 Å². The maximum absolute atomic E-state index is 2.53. The van der Waals surface area contributed by atoms with Gasteiger partial charge in [0.25, 0.3) is 0 Å². The maximum atomic E-state index is 2.53. The largest absolute Gasteiger partial charge is 0.0616 e. The molecule has 0 unspecified atom stereocenters. The average Bonchev–Trinajstić information content (AvgIpc) is 3.67. The van der Waals surface area contributed by atoms with Gasteiger partial charge in [-0.15, -0.1) is 0 Å². The molecule has 0 aliphatic heterocycles. The van der Waals surface area contributed by atoms with Gasteiger partial charge in [0, 0.05) is 0 Å². The van der Waals surface area contributed by atoms with E-state index in [2.05, 4.69) is 154 Å². The van der Waals surface area contributed by atoms with Crippen LogP contribution in [0.25, 0.3) is 97.7 Å². The van der Waals surface area contributed by atoms with E-state index in [-0.39, 0.29) is 0 Å². The lowest BCUT2D eigenvalue weighted by Crippen LogP contribution is -2.00. The van der Waals surface area contributed by atoms with Crippen molar-refractivity contribution in [2.75, 3.05) is 0 Å². The molecule has 10 rings (SSSR count). The summed E-state index contributed by atoms with van der Waals surface area (Å²) in [5, 5.41) is 19.1. The Morgan fingerprint density at radius 2 is 0.519 bits per heavy atom. The van der Waals surface area contributed by atoms with Gasteiger partial charge in [-0.05, 0) is 235 Å². The predicted molar refractivity (Wildman–Crippen MR) is 230 cm³/mol. The van der Waals surface area contributed by atoms with Gasteiger partial charge in [0.15, 0.2) is 0 Å². The van der Waals surface area contributed by atoms with Gasteiger partial charge in [0.1, 0.15) is 0 Å². The summed E-state index contributed by atoms with van der Waals surface area (Å²) in [6, 6.07) is 33.0. The SMILES string of the molecule is Cc1c(C)c(C)c(-c2ccc3c4cc5c6ccccc6c6c(-c7c(C)c(C)c(C)c(C)c7C)ccc(c4cc4c7ccccc7c2c34)c56)c(C)c1C. The van der Waals surface area contributed by atoms with Crippen LogP contribution in [0.15, 0.2) is 84.9 Å². The summed E-state index contributed by atoms with van der Waals surface area (Å²) in [7, 11) is 0. The first-order chi connectivity index (χ1) is 25.0. The molecule has 0 saturated carbocycles. The van der Waals surface area contributed by atoms with Crippen LogP contribution in [0.2, 0.25) is 0 Å². The molecular formula is C52H44. The molecule has 0 aromatic heterocycles. The summed E-state index contributed by atoms with van der Waals surface area (Å²) in [4.78, 5) is 0. The molecule has 52 heavy (non-hydrogen) atoms. The van der Waals surface area contributed by atoms with Crippen LogP contribution >= 0.6 is 0 Å². The lowest BCUT2D eigenvalue weighted by Gasteiger charge is -2.21. The van der Waals surface area contributed by atoms with E-state index in [9.17, 15) is 0 Å². The summed E-state index contributed by atoms with van der Waals surface area (Å²) < 4.78 is 0. The Balaban J connectivity index is 1.40. The van der Waals surface area contributed by atoms with Crippen LogP contribution in [0, 0.1) is 69.2 Å². The van der Waals surface area contributed by atoms with E-state index >= 15 is 0 Å². The smallest absolute Gasteiger partial charge is 0.00137 e. The van der Waals surface area contributed by atoms with Crippen molar-refractivity contribution in [1.82, 2.24) is 0 Å². The van der Waals surface area contributed by atoms with Crippen molar-refractivity contribution in [3.05, 3.63) is 141 Å². The third-order valence-corrected chi connectivity index (χ3v) is 13.9. The molecule has 0 nitrogen and oxygen atoms in total. The average molecular weight is 669 g/mol. The number of benzene rings is 8. The molecule has 0 aliphatic rings. The quantitative estimate of drug-likeness (QED) is 0.161. The van der Waals surface area contributed by atoms with E-state index in [1.54, 1.807) is 0 Å². The maximum Gasteiger partial charge on any atom is -0.00137 e. The fraction of sp³-hybridized carbons (Fsp3) is 0.192. The van der Waals surface area contributed by atoms with Gasteiger partial charge < -0.3 is 0 Å². The van der Waals surface area contributed by atoms with Crippen molar-refractivity contribution in [3.8, 4) is 22.3 Å². The molecule has 0 spiro atoms. The molecule has 10 aromatic carbocycles. The van der Waals surface area contributed by atoms with E-state index in [0.717, 1.165) is 0 Å². The third kappa shape index (κ3) is 3.73. The molecule has 0 aliphatic carbocycles. The Kier molecular flexibility index (Phi) is 6.35. The molecular weight excluding hydrogens is 625 g/mol. The topological polar surface area (TPSA) is 0 Å². The van der Waals surface area contributed by atoms with Crippen molar-refractivity contribution in [3.63, 3.8) is 0 Å². The number of fused-ring (bicyclic) bond motifs is 9. The van der Waals surface area contributed by atoms with Crippen molar-refractivity contribution in [1.29, 1.82) is 0 Å². The van der Waals surface area contributed by atoms with Crippen molar-refractivity contribution >= 4 is 75.4 Å². The molecule has 0 saturated heterocycles. The molecule has 0 bridgehead atoms. The minimum atomic E-state index is 1.34. The van der Waals surface area contributed by atoms with Crippen LogP contribution in [-0.2, 0) is 0 Å². The van der Waals surface area contributed by atoms with E-state index in [0.29, 0.717) is 0 Å². The Hall–Kier alpha value is -5.46. The zero-order valence-electron chi connectivity index (χ0n) is 32.1. The molecule has 0 heterocycles. The molecule has 252 valence electrons. The van der Waals surface area contributed by atoms with Crippen LogP contribution in [0.1, 0.15) is 55.6 Å². The zero-order valence-corrected chi connectivity index (χ0v) is 32.1. The first-order valence-electron chi connectivity index (χ1n) is 18.9. The number of hydrogen-bond donors (Lipinski definition) is 0. The summed E-state index contributed by atoms with van der Waals surface area (Å²) in [6.45, 7) is 23.0. The second-order valence-corrected chi connectivity index (χ2v) is 15.9. The predicted octanol–water partition coefficient (Wildman–Crippen LogP) is 15.1. The lowest BCUT2D eigenvalue weighted by molar-refractivity contribution is 1.18. The van der Waals surface area contributed by atoms with Crippen molar-refractivity contribution in [2.24, 2.45) is 0 Å². The highest BCUT2D eigenvalue weighted by molar-refractivity contribution is 6.43. The summed E-state index contributed by atoms with van der Waals surface area (Å²) in [5.74, 6) is 0. The first kappa shape index (κ1) is 31.3. The minimum Gasteiger partial charge on any atom is -0.0616 e. The highest BCUT2D eigenvalue weighted by Gasteiger charge is 2.25. The Morgan fingerprint density at radius 1 is 0.231 bits per heavy atom. The van der Waals surface area contributed by atoms with Crippen LogP contribution in [0.5, 0.6) is 0 Å². The first-order valence-corrected chi connectivity index (χ1v) is 18.9. The molecule has 0 fully saturated rings. The minimum absolute atomic E-state index is 1.34. The zero-order chi connectivity index (χ0) is 36.1. The van der Waals surface area contributed by atoms with Crippen LogP contribution < -0.4 is 0 Å². The monoisotopic (exact) mass is 668 g/mol. The van der Waals surface area contributed by atoms with Crippen LogP contribution in [-0.4, -0.2) is 0 Å². The van der Waals surface area contributed by atoms with Gasteiger partial charge in [-0.3, -0.25) is 0 Å². The van der Waals surface area contributed by atoms with Crippen molar-refractivity contribution < 1.29 is 0 Å². The Bertz CT molecular complexity index is 2930. The highest BCUT2D eigenvalue weighted by atomic mass is 14.3. The Labute approximate surface area is 306 Å². The van der Waals surface area contributed by atoms with Crippen LogP contribution in [0.4, 0.5) is 0 Å². The van der Waals surface area contributed by atoms with Gasteiger partial charge in [-0.1, -0.05) is 72.8 Å². The van der Waals surface area contributed by atoms with E-state index in [4.69, 9.17) is 0 Å². The standard InChI is InChI=1S/C52H44/c1-25-27(3)31(7)47(32(8)28(25)4)41-21-19-39-43-24-46-36-16-12-14-18-38(36)50-42(48-33(9)29(5)26(2)30(6)34(48)10)22-20-40(52(46)50)44(43)23-45-35-15-11-13-17-37(35)49(41)51(39)45/h11-24H,1-10H3. The van der Waals surface area contributed by atoms with Gasteiger partial charge >= 0.3 is 0 Å². The normalized spacial score (nSPS) is 12.4. The molecule has 0 N–H and O–H groups in total. The van der Waals surface area contributed by atoms with Gasteiger partial charge in [-0.2, -0.15) is 0 Å². The van der Waals surface area contributed by atoms with Gasteiger partial charge in [-0.25, -0.2) is 0 Å². The van der Waals surface area contributed by atoms with Crippen molar-refractivity contribution in [2.45, 2.75) is 69.2 Å². The lowest BCUT2D eigenvalue weighted by atomic mass is 9.83. The summed E-state index contributed by atoms with van der Waals surface area (Å²) >= 11 is 0. The van der Waals surface area contributed by atoms with E-state index < -0.39 is 0 Å². The van der Waals surface area contributed by atoms with E-state index in [1.165, 1.54) is 153 Å². The highest BCUT2D eigenvalue weighted by Crippen LogP contribution is 2.52. The number of hydrogen-bond acceptors (Lipinski definition) is 0. The third-order valence-electron chi connectivity index (χ3n) is 13.9. The molecule has 0 radical (unpaired) electrons.